The van der Waals surface area contributed by atoms with Gasteiger partial charge in [-0.1, -0.05) is 0 Å². The van der Waals surface area contributed by atoms with E-state index in [4.69, 9.17) is 22.2 Å². The molecule has 60 heavy (non-hydrogen) atoms. The van der Waals surface area contributed by atoms with E-state index in [-0.39, 0.29) is 66.5 Å². The van der Waals surface area contributed by atoms with Crippen LogP contribution in [0.4, 0.5) is 37.7 Å². The summed E-state index contributed by atoms with van der Waals surface area (Å²) >= 11 is 5.65. The van der Waals surface area contributed by atoms with Crippen LogP contribution in [-0.4, -0.2) is 123 Å². The van der Waals surface area contributed by atoms with Gasteiger partial charge >= 0.3 is 12.4 Å². The number of pyridine rings is 2. The van der Waals surface area contributed by atoms with E-state index in [0.29, 0.717) is 70.0 Å². The Bertz CT molecular complexity index is 1990. The third kappa shape index (κ3) is 10.3. The summed E-state index contributed by atoms with van der Waals surface area (Å²) in [4.78, 5) is 63.3. The van der Waals surface area contributed by atoms with Gasteiger partial charge < -0.3 is 19.9 Å². The van der Waals surface area contributed by atoms with E-state index in [9.17, 15) is 45.5 Å². The van der Waals surface area contributed by atoms with Crippen molar-refractivity contribution in [2.75, 3.05) is 49.5 Å². The van der Waals surface area contributed by atoms with E-state index in [1.165, 1.54) is 24.4 Å². The van der Waals surface area contributed by atoms with Crippen molar-refractivity contribution in [1.29, 1.82) is 5.26 Å². The first-order valence-electron chi connectivity index (χ1n) is 19.2. The predicted octanol–water partition coefficient (Wildman–Crippen LogP) is 4.93. The van der Waals surface area contributed by atoms with Crippen LogP contribution in [0.15, 0.2) is 30.6 Å². The molecule has 1 saturated carbocycles. The number of alkyl halides is 6. The van der Waals surface area contributed by atoms with Crippen LogP contribution in [0, 0.1) is 11.3 Å². The van der Waals surface area contributed by atoms with E-state index < -0.39 is 65.4 Å². The molecule has 4 amide bonds. The van der Waals surface area contributed by atoms with Gasteiger partial charge in [-0.2, -0.15) is 31.6 Å². The summed E-state index contributed by atoms with van der Waals surface area (Å²) in [5.41, 5.74) is -2.76. The summed E-state index contributed by atoms with van der Waals surface area (Å²) in [6.07, 6.45) is -3.96. The molecular weight excluding hydrogens is 844 g/mol. The quantitative estimate of drug-likeness (QED) is 0.136. The van der Waals surface area contributed by atoms with Crippen LogP contribution in [0.25, 0.3) is 0 Å². The molecule has 22 heteroatoms. The topological polar surface area (TPSA) is 164 Å². The fourth-order valence-electron chi connectivity index (χ4n) is 8.17. The van der Waals surface area contributed by atoms with Gasteiger partial charge in [-0.25, -0.2) is 4.98 Å². The number of hydrogen-bond acceptors (Lipinski definition) is 11. The molecule has 1 unspecified atom stereocenters. The third-order valence-electron chi connectivity index (χ3n) is 11.2. The number of carbonyl (C=O) groups is 4. The van der Waals surface area contributed by atoms with Crippen LogP contribution in [0.1, 0.15) is 81.7 Å². The number of nitrogens with one attached hydrogen (secondary N) is 2. The first-order valence-corrected chi connectivity index (χ1v) is 19.6. The lowest BCUT2D eigenvalue weighted by atomic mass is 9.89. The highest BCUT2D eigenvalue weighted by atomic mass is 35.5. The number of hydrogen-bond donors (Lipinski definition) is 2. The van der Waals surface area contributed by atoms with Crippen molar-refractivity contribution >= 4 is 64.7 Å². The van der Waals surface area contributed by atoms with Crippen LogP contribution in [0.2, 0.25) is 0 Å². The van der Waals surface area contributed by atoms with Crippen molar-refractivity contribution in [1.82, 2.24) is 30.0 Å². The molecule has 1 aliphatic carbocycles. The van der Waals surface area contributed by atoms with Crippen LogP contribution in [-0.2, 0) is 30.1 Å². The molecule has 5 heterocycles. The molecule has 6 rings (SSSR count). The maximum absolute atomic E-state index is 14.2. The fraction of sp³-hybridized carbons (Fsp3) is 0.579. The highest BCUT2D eigenvalue weighted by Gasteiger charge is 2.53. The molecule has 3 saturated heterocycles. The number of halogens is 7. The van der Waals surface area contributed by atoms with E-state index >= 15 is 0 Å². The van der Waals surface area contributed by atoms with Gasteiger partial charge in [0.25, 0.3) is 5.91 Å². The molecule has 0 aromatic carbocycles. The number of nitrogens with zero attached hydrogens (tertiary/aromatic N) is 7. The number of aromatic nitrogens is 2. The Balaban J connectivity index is 0.00000683. The molecule has 4 aliphatic rings. The van der Waals surface area contributed by atoms with Crippen molar-refractivity contribution in [3.05, 3.63) is 47.5 Å². The average Bonchev–Trinajstić information content (AvgIpc) is 3.35. The van der Waals surface area contributed by atoms with Gasteiger partial charge in [0, 0.05) is 45.2 Å². The number of piperazine rings is 1. The van der Waals surface area contributed by atoms with Crippen LogP contribution in [0.3, 0.4) is 0 Å². The number of rotatable bonds is 11. The SMILES string of the molecule is CC1(C)C(=O)N(c2cnc(C#N)c(C(F)(F)F)c2)C(=S)N1C1CCC(OCCCN2CCN(CC(=O)Nc3ccc(C4CCC(=O)NC4=O)nc3)[C@@H](C(F)(F)F)C2)CC1.Cl. The molecule has 2 aromatic heterocycles. The van der Waals surface area contributed by atoms with E-state index in [2.05, 4.69) is 20.6 Å². The summed E-state index contributed by atoms with van der Waals surface area (Å²) in [5, 5.41) is 14.0. The minimum Gasteiger partial charge on any atom is -0.378 e. The Morgan fingerprint density at radius 2 is 1.77 bits per heavy atom. The molecule has 0 radical (unpaired) electrons. The second-order valence-electron chi connectivity index (χ2n) is 15.6. The summed E-state index contributed by atoms with van der Waals surface area (Å²) in [6, 6.07) is 3.10. The number of nitriles is 1. The molecule has 0 spiro atoms. The number of anilines is 2. The predicted molar refractivity (Wildman–Crippen MR) is 210 cm³/mol. The van der Waals surface area contributed by atoms with Gasteiger partial charge in [-0.15, -0.1) is 12.4 Å². The average molecular weight is 888 g/mol. The minimum atomic E-state index is -4.87. The third-order valence-corrected chi connectivity index (χ3v) is 11.6. The van der Waals surface area contributed by atoms with Crippen LogP contribution in [0.5, 0.6) is 0 Å². The van der Waals surface area contributed by atoms with Gasteiger partial charge in [-0.3, -0.25) is 39.3 Å². The maximum Gasteiger partial charge on any atom is 0.419 e. The second-order valence-corrected chi connectivity index (χ2v) is 15.9. The first kappa shape index (κ1) is 46.6. The van der Waals surface area contributed by atoms with Gasteiger partial charge in [-0.05, 0) is 82.8 Å². The maximum atomic E-state index is 14.2. The zero-order chi connectivity index (χ0) is 42.9. The number of thiocarbonyl (C=S) groups is 1. The lowest BCUT2D eigenvalue weighted by molar-refractivity contribution is -0.197. The second kappa shape index (κ2) is 18.6. The Morgan fingerprint density at radius 3 is 2.38 bits per heavy atom. The van der Waals surface area contributed by atoms with Crippen molar-refractivity contribution in [2.24, 2.45) is 0 Å². The summed E-state index contributed by atoms with van der Waals surface area (Å²) < 4.78 is 89.7. The molecule has 0 bridgehead atoms. The van der Waals surface area contributed by atoms with Gasteiger partial charge in [0.15, 0.2) is 10.8 Å². The van der Waals surface area contributed by atoms with Crippen LogP contribution >= 0.6 is 24.6 Å². The van der Waals surface area contributed by atoms with Gasteiger partial charge in [0.1, 0.15) is 17.6 Å². The Kier molecular flexibility index (Phi) is 14.5. The Morgan fingerprint density at radius 1 is 1.05 bits per heavy atom. The monoisotopic (exact) mass is 887 g/mol. The summed E-state index contributed by atoms with van der Waals surface area (Å²) in [5.74, 6) is -2.60. The Hall–Kier alpha value is -4.49. The van der Waals surface area contributed by atoms with Crippen molar-refractivity contribution in [2.45, 2.75) is 101 Å². The molecule has 4 fully saturated rings. The molecule has 2 N–H and O–H groups in total. The standard InChI is InChI=1S/C38H43F6N9O5S.ClH/c1-36(2)34(57)52(24-16-27(37(39,40)41)29(17-45)47-19-24)35(59)53(36)23-5-7-25(8-6-23)58-15-3-12-50-13-14-51(30(20-50)38(42,43)44)21-32(55)48-22-4-10-28(46-18-22)26-9-11-31(54)49-33(26)56;/h4,10,16,18-19,23,25-26,30H,3,5-9,11-15,20-21H2,1-2H3,(H,48,55)(H,49,54,56);1H/t23?,25?,26?,30-;/m1./s1. The zero-order valence-corrected chi connectivity index (χ0v) is 34.3. The van der Waals surface area contributed by atoms with E-state index in [0.717, 1.165) is 16.0 Å². The van der Waals surface area contributed by atoms with Gasteiger partial charge in [0.05, 0.1) is 53.6 Å². The number of amides is 4. The number of carbonyl (C=O) groups excluding carboxylic acids is 4. The molecule has 2 atom stereocenters. The normalized spacial score (nSPS) is 24.2. The largest absolute Gasteiger partial charge is 0.419 e. The van der Waals surface area contributed by atoms with Crippen LogP contribution < -0.4 is 15.5 Å². The lowest BCUT2D eigenvalue weighted by Crippen LogP contribution is -2.60. The van der Waals surface area contributed by atoms with Crippen molar-refractivity contribution in [3.63, 3.8) is 0 Å². The molecule has 3 aliphatic heterocycles. The summed E-state index contributed by atoms with van der Waals surface area (Å²) in [6.45, 7) is 3.46. The summed E-state index contributed by atoms with van der Waals surface area (Å²) in [7, 11) is 0. The fourth-order valence-corrected chi connectivity index (χ4v) is 8.73. The van der Waals surface area contributed by atoms with Gasteiger partial charge in [0.2, 0.25) is 17.7 Å². The smallest absolute Gasteiger partial charge is 0.378 e. The number of ether oxygens (including phenoxy) is 1. The van der Waals surface area contributed by atoms with Crippen molar-refractivity contribution < 1.29 is 50.3 Å². The highest BCUT2D eigenvalue weighted by Crippen LogP contribution is 2.40. The molecular formula is C38H44ClF6N9O5S. The molecule has 2 aromatic rings. The number of imide groups is 1. The van der Waals surface area contributed by atoms with Crippen molar-refractivity contribution in [3.8, 4) is 6.07 Å². The molecule has 326 valence electrons. The first-order chi connectivity index (χ1) is 27.8. The molecule has 14 nitrogen and oxygen atoms in total. The van der Waals surface area contributed by atoms with E-state index in [1.54, 1.807) is 23.6 Å². The Labute approximate surface area is 353 Å². The number of piperidine rings is 1. The van der Waals surface area contributed by atoms with E-state index in [1.807, 2.05) is 0 Å². The lowest BCUT2D eigenvalue weighted by Gasteiger charge is -2.42. The minimum absolute atomic E-state index is 0. The highest BCUT2D eigenvalue weighted by molar-refractivity contribution is 7.80. The zero-order valence-electron chi connectivity index (χ0n) is 32.6.